The van der Waals surface area contributed by atoms with Crippen LogP contribution in [0.25, 0.3) is 0 Å². The lowest BCUT2D eigenvalue weighted by molar-refractivity contribution is -0.144. The number of carbonyl (C=O) groups excluding carboxylic acids is 10. The van der Waals surface area contributed by atoms with Crippen molar-refractivity contribution in [2.45, 2.75) is 223 Å². The fourth-order valence-electron chi connectivity index (χ4n) is 9.54. The van der Waals surface area contributed by atoms with Gasteiger partial charge in [-0.1, -0.05) is 13.8 Å². The first kappa shape index (κ1) is 69.7. The summed E-state index contributed by atoms with van der Waals surface area (Å²) in [5.74, 6) is -5.75. The number of nitrogens with two attached hydrogens (primary N) is 5. The van der Waals surface area contributed by atoms with Crippen molar-refractivity contribution in [1.29, 1.82) is 0 Å². The predicted octanol–water partition coefficient (Wildman–Crippen LogP) is -3.10. The standard InChI is InChI=1S/C53H99N15O11/c1-33(2)31-36(32-69)61-48(74)39(18-6-11-25-55)65-49(75)40(19-7-12-26-56)62-45(71)34(3)60-47(73)38(17-5-10-24-54)64-50(76)41(20-8-13-27-57)66-52(78)43-23-16-30-68(43)53(79)44(35(4)70)67-51(77)42(21-9-14-28-58)63-46(72)37-22-15-29-59-37/h32-44,59,70H,5-31,54-58H2,1-4H3,(H,60,73)(H,61,74)(H,62,71)(H,63,72)(H,64,76)(H,65,75)(H,66,78)(H,67,77)/t34-,35+,36-,37-,38-,39-,40-,41-,42-,43-,44-/m0/s1. The highest BCUT2D eigenvalue weighted by atomic mass is 16.3. The summed E-state index contributed by atoms with van der Waals surface area (Å²) in [6, 6.07) is -10.7. The van der Waals surface area contributed by atoms with Crippen LogP contribution in [-0.4, -0.2) is 182 Å². The number of rotatable bonds is 41. The van der Waals surface area contributed by atoms with Gasteiger partial charge in [-0.15, -0.1) is 0 Å². The molecule has 2 rings (SSSR count). The number of nitrogens with one attached hydrogen (secondary N) is 9. The number of aldehydes is 1. The van der Waals surface area contributed by atoms with Gasteiger partial charge in [-0.25, -0.2) is 0 Å². The number of aliphatic hydroxyl groups is 1. The topological polar surface area (TPSA) is 433 Å². The van der Waals surface area contributed by atoms with E-state index in [-0.39, 0.29) is 63.4 Å². The second-order valence-corrected chi connectivity index (χ2v) is 21.4. The first-order chi connectivity index (χ1) is 37.8. The van der Waals surface area contributed by atoms with Gasteiger partial charge in [0.15, 0.2) is 0 Å². The van der Waals surface area contributed by atoms with Crippen LogP contribution >= 0.6 is 0 Å². The average molecular weight is 1120 g/mol. The molecule has 2 aliphatic heterocycles. The Hall–Kier alpha value is -5.38. The highest BCUT2D eigenvalue weighted by molar-refractivity contribution is 5.98. The van der Waals surface area contributed by atoms with Crippen LogP contribution < -0.4 is 76.5 Å². The Morgan fingerprint density at radius 1 is 0.519 bits per heavy atom. The molecule has 2 fully saturated rings. The van der Waals surface area contributed by atoms with E-state index in [0.29, 0.717) is 122 Å². The molecule has 20 N–H and O–H groups in total. The third-order valence-corrected chi connectivity index (χ3v) is 14.1. The molecule has 0 aromatic carbocycles. The van der Waals surface area contributed by atoms with E-state index in [1.165, 1.54) is 18.7 Å². The van der Waals surface area contributed by atoms with Gasteiger partial charge in [-0.2, -0.15) is 0 Å². The summed E-state index contributed by atoms with van der Waals surface area (Å²) in [5, 5.41) is 35.7. The van der Waals surface area contributed by atoms with E-state index in [1.807, 2.05) is 13.8 Å². The van der Waals surface area contributed by atoms with E-state index in [9.17, 15) is 53.1 Å². The van der Waals surface area contributed by atoms with E-state index in [0.717, 1.165) is 6.42 Å². The molecular weight excluding hydrogens is 1020 g/mol. The molecule has 452 valence electrons. The van der Waals surface area contributed by atoms with Crippen molar-refractivity contribution >= 4 is 59.5 Å². The minimum Gasteiger partial charge on any atom is -0.391 e. The Morgan fingerprint density at radius 3 is 1.33 bits per heavy atom. The van der Waals surface area contributed by atoms with Crippen molar-refractivity contribution in [1.82, 2.24) is 52.8 Å². The minimum absolute atomic E-state index is 0.0961. The SMILES string of the molecule is CC(C)C[C@@H](C=O)NC(=O)[C@H](CCCCN)NC(=O)[C@H](CCCCN)NC(=O)[C@H](C)NC(=O)[C@H](CCCCN)NC(=O)[C@H](CCCCN)NC(=O)[C@@H]1CCCN1C(=O)[C@@H](NC(=O)[C@H](CCCCN)NC(=O)[C@@H]1CCCN1)[C@@H](C)O. The van der Waals surface area contributed by atoms with Gasteiger partial charge in [0.25, 0.3) is 0 Å². The summed E-state index contributed by atoms with van der Waals surface area (Å²) >= 11 is 0. The van der Waals surface area contributed by atoms with Gasteiger partial charge in [-0.05, 0) is 187 Å². The first-order valence-corrected chi connectivity index (χ1v) is 28.9. The maximum absolute atomic E-state index is 14.2. The van der Waals surface area contributed by atoms with Crippen molar-refractivity contribution < 1.29 is 53.1 Å². The number of hydrogen-bond donors (Lipinski definition) is 15. The van der Waals surface area contributed by atoms with E-state index in [1.54, 1.807) is 0 Å². The lowest BCUT2D eigenvalue weighted by Gasteiger charge is -2.32. The number of nitrogens with zero attached hydrogens (tertiary/aromatic N) is 1. The molecular formula is C53H99N15O11. The minimum atomic E-state index is -1.49. The molecule has 2 aliphatic rings. The molecule has 2 saturated heterocycles. The van der Waals surface area contributed by atoms with Crippen LogP contribution in [0, 0.1) is 5.92 Å². The molecule has 2 heterocycles. The summed E-state index contributed by atoms with van der Waals surface area (Å²) in [6.45, 7) is 8.96. The van der Waals surface area contributed by atoms with Gasteiger partial charge in [0.1, 0.15) is 54.6 Å². The molecule has 0 aliphatic carbocycles. The van der Waals surface area contributed by atoms with Crippen molar-refractivity contribution in [2.24, 2.45) is 34.6 Å². The van der Waals surface area contributed by atoms with Gasteiger partial charge in [0.2, 0.25) is 53.2 Å². The van der Waals surface area contributed by atoms with E-state index in [2.05, 4.69) is 47.9 Å². The van der Waals surface area contributed by atoms with Crippen LogP contribution in [0.3, 0.4) is 0 Å². The van der Waals surface area contributed by atoms with Gasteiger partial charge in [0.05, 0.1) is 18.2 Å². The van der Waals surface area contributed by atoms with Crippen molar-refractivity contribution in [3.8, 4) is 0 Å². The smallest absolute Gasteiger partial charge is 0.248 e. The van der Waals surface area contributed by atoms with Gasteiger partial charge in [-0.3, -0.25) is 43.2 Å². The molecule has 26 nitrogen and oxygen atoms in total. The molecule has 0 spiro atoms. The average Bonchev–Trinajstić information content (AvgIpc) is 4.16. The molecule has 0 aromatic rings. The van der Waals surface area contributed by atoms with Crippen LogP contribution in [0.5, 0.6) is 0 Å². The zero-order valence-electron chi connectivity index (χ0n) is 47.5. The van der Waals surface area contributed by atoms with Gasteiger partial charge < -0.3 is 91.3 Å². The molecule has 0 bridgehead atoms. The van der Waals surface area contributed by atoms with Gasteiger partial charge >= 0.3 is 0 Å². The Bertz CT molecular complexity index is 1910. The number of aliphatic hydroxyl groups excluding tert-OH is 1. The van der Waals surface area contributed by atoms with Crippen LogP contribution in [0.1, 0.15) is 156 Å². The monoisotopic (exact) mass is 1120 g/mol. The normalized spacial score (nSPS) is 18.6. The molecule has 26 heteroatoms. The Balaban J connectivity index is 2.29. The second-order valence-electron chi connectivity index (χ2n) is 21.4. The highest BCUT2D eigenvalue weighted by Gasteiger charge is 2.42. The summed E-state index contributed by atoms with van der Waals surface area (Å²) in [4.78, 5) is 138. The highest BCUT2D eigenvalue weighted by Crippen LogP contribution is 2.21. The van der Waals surface area contributed by atoms with E-state index >= 15 is 0 Å². The van der Waals surface area contributed by atoms with Crippen molar-refractivity contribution in [3.63, 3.8) is 0 Å². The number of amides is 9. The zero-order valence-corrected chi connectivity index (χ0v) is 47.5. The van der Waals surface area contributed by atoms with Crippen molar-refractivity contribution in [2.75, 3.05) is 45.8 Å². The van der Waals surface area contributed by atoms with Crippen LogP contribution in [-0.2, 0) is 47.9 Å². The third-order valence-electron chi connectivity index (χ3n) is 14.1. The summed E-state index contributed by atoms with van der Waals surface area (Å²) in [6.07, 6.45) is 7.34. The van der Waals surface area contributed by atoms with E-state index in [4.69, 9.17) is 28.7 Å². The molecule has 9 amide bonds. The maximum Gasteiger partial charge on any atom is 0.248 e. The first-order valence-electron chi connectivity index (χ1n) is 28.9. The van der Waals surface area contributed by atoms with Crippen LogP contribution in [0.15, 0.2) is 0 Å². The number of hydrogen-bond acceptors (Lipinski definition) is 17. The molecule has 0 unspecified atom stereocenters. The quantitative estimate of drug-likeness (QED) is 0.0213. The molecule has 0 aromatic heterocycles. The van der Waals surface area contributed by atoms with E-state index < -0.39 is 114 Å². The van der Waals surface area contributed by atoms with Crippen LogP contribution in [0.4, 0.5) is 0 Å². The Morgan fingerprint density at radius 2 is 0.924 bits per heavy atom. The predicted molar refractivity (Wildman–Crippen MR) is 299 cm³/mol. The zero-order chi connectivity index (χ0) is 58.9. The fraction of sp³-hybridized carbons (Fsp3) is 0.811. The fourth-order valence-corrected chi connectivity index (χ4v) is 9.54. The number of unbranched alkanes of at least 4 members (excludes halogenated alkanes) is 5. The number of carbonyl (C=O) groups is 10. The second kappa shape index (κ2) is 39.1. The van der Waals surface area contributed by atoms with Gasteiger partial charge in [0, 0.05) is 6.54 Å². The molecule has 0 radical (unpaired) electrons. The lowest BCUT2D eigenvalue weighted by Crippen LogP contribution is -2.61. The number of likely N-dealkylation sites (tertiary alicyclic amines) is 1. The maximum atomic E-state index is 14.2. The van der Waals surface area contributed by atoms with Crippen LogP contribution in [0.2, 0.25) is 0 Å². The lowest BCUT2D eigenvalue weighted by atomic mass is 10.0. The summed E-state index contributed by atoms with van der Waals surface area (Å²) in [7, 11) is 0. The third kappa shape index (κ3) is 25.7. The van der Waals surface area contributed by atoms with Crippen molar-refractivity contribution in [3.05, 3.63) is 0 Å². The molecule has 11 atom stereocenters. The summed E-state index contributed by atoms with van der Waals surface area (Å²) < 4.78 is 0. The molecule has 79 heavy (non-hydrogen) atoms. The molecule has 0 saturated carbocycles. The summed E-state index contributed by atoms with van der Waals surface area (Å²) in [5.41, 5.74) is 28.7. The largest absolute Gasteiger partial charge is 0.391 e. The Labute approximate surface area is 467 Å². The Kier molecular flexibility index (Phi) is 34.5.